The number of thiophene rings is 1. The van der Waals surface area contributed by atoms with Crippen molar-refractivity contribution in [1.82, 2.24) is 4.31 Å². The minimum atomic E-state index is -3.61. The van der Waals surface area contributed by atoms with Crippen LogP contribution in [-0.4, -0.2) is 38.8 Å². The fraction of sp³-hybridized carbons (Fsp3) is 0.350. The maximum atomic E-state index is 13.0. The summed E-state index contributed by atoms with van der Waals surface area (Å²) in [6.45, 7) is 1.05. The zero-order chi connectivity index (χ0) is 20.0. The van der Waals surface area contributed by atoms with Crippen LogP contribution >= 0.6 is 11.3 Å². The largest absolute Gasteiger partial charge is 0.495 e. The molecule has 3 rings (SSSR count). The quantitative estimate of drug-likeness (QED) is 0.718. The van der Waals surface area contributed by atoms with Gasteiger partial charge in [-0.05, 0) is 59.5 Å². The molecule has 28 heavy (non-hydrogen) atoms. The minimum Gasteiger partial charge on any atom is -0.495 e. The molecule has 8 heteroatoms. The lowest BCUT2D eigenvalue weighted by atomic mass is 10.2. The highest BCUT2D eigenvalue weighted by Crippen LogP contribution is 2.30. The van der Waals surface area contributed by atoms with Crippen LogP contribution in [0.15, 0.2) is 46.0 Å². The van der Waals surface area contributed by atoms with Crippen molar-refractivity contribution in [2.45, 2.75) is 30.6 Å². The molecule has 0 atom stereocenters. The molecule has 0 aliphatic carbocycles. The van der Waals surface area contributed by atoms with Gasteiger partial charge in [0.2, 0.25) is 15.9 Å². The number of rotatable bonds is 6. The van der Waals surface area contributed by atoms with Crippen LogP contribution in [0.25, 0.3) is 6.08 Å². The molecule has 150 valence electrons. The van der Waals surface area contributed by atoms with Crippen molar-refractivity contribution >= 4 is 39.0 Å². The fourth-order valence-electron chi connectivity index (χ4n) is 3.09. The van der Waals surface area contributed by atoms with Crippen molar-refractivity contribution in [3.05, 3.63) is 46.7 Å². The van der Waals surface area contributed by atoms with Gasteiger partial charge in [0.1, 0.15) is 5.75 Å². The molecule has 1 aromatic heterocycles. The summed E-state index contributed by atoms with van der Waals surface area (Å²) in [5.41, 5.74) is 1.27. The van der Waals surface area contributed by atoms with Crippen LogP contribution in [0.2, 0.25) is 0 Å². The van der Waals surface area contributed by atoms with E-state index in [1.54, 1.807) is 23.5 Å². The predicted molar refractivity (Wildman–Crippen MR) is 112 cm³/mol. The number of anilines is 1. The number of amides is 1. The third-order valence-electron chi connectivity index (χ3n) is 4.60. The van der Waals surface area contributed by atoms with Crippen molar-refractivity contribution in [2.75, 3.05) is 25.5 Å². The molecule has 0 spiro atoms. The van der Waals surface area contributed by atoms with Crippen molar-refractivity contribution in [2.24, 2.45) is 0 Å². The van der Waals surface area contributed by atoms with Crippen molar-refractivity contribution in [3.63, 3.8) is 0 Å². The molecule has 2 heterocycles. The number of hydrogen-bond acceptors (Lipinski definition) is 5. The van der Waals surface area contributed by atoms with Gasteiger partial charge in [-0.25, -0.2) is 8.42 Å². The van der Waals surface area contributed by atoms with E-state index < -0.39 is 10.0 Å². The van der Waals surface area contributed by atoms with Crippen LogP contribution in [0.5, 0.6) is 5.75 Å². The number of nitrogens with zero attached hydrogens (tertiary/aromatic N) is 1. The fourth-order valence-corrected chi connectivity index (χ4v) is 5.26. The first-order chi connectivity index (χ1) is 13.5. The van der Waals surface area contributed by atoms with E-state index in [1.165, 1.54) is 29.6 Å². The van der Waals surface area contributed by atoms with Gasteiger partial charge in [-0.15, -0.1) is 0 Å². The van der Waals surface area contributed by atoms with Gasteiger partial charge in [-0.2, -0.15) is 15.6 Å². The Morgan fingerprint density at radius 1 is 1.18 bits per heavy atom. The van der Waals surface area contributed by atoms with Gasteiger partial charge >= 0.3 is 0 Å². The molecule has 1 fully saturated rings. The maximum Gasteiger partial charge on any atom is 0.248 e. The van der Waals surface area contributed by atoms with E-state index in [1.807, 2.05) is 16.8 Å². The number of benzene rings is 1. The van der Waals surface area contributed by atoms with Crippen LogP contribution < -0.4 is 10.1 Å². The van der Waals surface area contributed by atoms with E-state index in [0.717, 1.165) is 31.2 Å². The Balaban J connectivity index is 1.82. The number of carbonyl (C=O) groups excluding carboxylic acids is 1. The summed E-state index contributed by atoms with van der Waals surface area (Å²) in [4.78, 5) is 12.4. The van der Waals surface area contributed by atoms with Crippen LogP contribution in [0.4, 0.5) is 5.69 Å². The zero-order valence-corrected chi connectivity index (χ0v) is 17.4. The van der Waals surface area contributed by atoms with Crippen LogP contribution in [0.1, 0.15) is 31.2 Å². The lowest BCUT2D eigenvalue weighted by Gasteiger charge is -2.20. The molecule has 1 aliphatic heterocycles. The second-order valence-corrected chi connectivity index (χ2v) is 9.28. The molecule has 0 unspecified atom stereocenters. The molecule has 1 saturated heterocycles. The number of sulfonamides is 1. The summed E-state index contributed by atoms with van der Waals surface area (Å²) in [5.74, 6) is 0.0564. The molecule has 0 radical (unpaired) electrons. The monoisotopic (exact) mass is 420 g/mol. The van der Waals surface area contributed by atoms with Crippen molar-refractivity contribution in [3.8, 4) is 5.75 Å². The Bertz CT molecular complexity index is 929. The zero-order valence-electron chi connectivity index (χ0n) is 15.8. The molecule has 1 amide bonds. The van der Waals surface area contributed by atoms with Crippen LogP contribution in [0, 0.1) is 0 Å². The SMILES string of the molecule is COc1ccc(S(=O)(=O)N2CCCCCC2)cc1NC(=O)/C=C/c1ccsc1. The smallest absolute Gasteiger partial charge is 0.248 e. The molecule has 0 saturated carbocycles. The second-order valence-electron chi connectivity index (χ2n) is 6.56. The summed E-state index contributed by atoms with van der Waals surface area (Å²) in [5, 5.41) is 6.58. The van der Waals surface area contributed by atoms with E-state index in [2.05, 4.69) is 5.32 Å². The molecular formula is C20H24N2O4S2. The van der Waals surface area contributed by atoms with E-state index in [-0.39, 0.29) is 10.8 Å². The van der Waals surface area contributed by atoms with E-state index in [4.69, 9.17) is 4.74 Å². The summed E-state index contributed by atoms with van der Waals surface area (Å²) < 4.78 is 32.9. The first kappa shape index (κ1) is 20.6. The molecule has 6 nitrogen and oxygen atoms in total. The number of nitrogens with one attached hydrogen (secondary N) is 1. The molecule has 0 bridgehead atoms. The first-order valence-electron chi connectivity index (χ1n) is 9.20. The predicted octanol–water partition coefficient (Wildman–Crippen LogP) is 3.97. The standard InChI is InChI=1S/C20H24N2O4S2/c1-26-19-8-7-17(28(24,25)22-11-4-2-3-5-12-22)14-18(19)21-20(23)9-6-16-10-13-27-15-16/h6-10,13-15H,2-5,11-12H2,1H3,(H,21,23)/b9-6+. The highest BCUT2D eigenvalue weighted by molar-refractivity contribution is 7.89. The highest BCUT2D eigenvalue weighted by Gasteiger charge is 2.26. The summed E-state index contributed by atoms with van der Waals surface area (Å²) in [7, 11) is -2.13. The molecule has 1 aliphatic rings. The molecule has 1 N–H and O–H groups in total. The third-order valence-corrected chi connectivity index (χ3v) is 7.20. The second kappa shape index (κ2) is 9.36. The Labute approximate surface area is 169 Å². The van der Waals surface area contributed by atoms with Gasteiger partial charge in [0.05, 0.1) is 17.7 Å². The number of carbonyl (C=O) groups is 1. The summed E-state index contributed by atoms with van der Waals surface area (Å²) in [6.07, 6.45) is 6.95. The highest BCUT2D eigenvalue weighted by atomic mass is 32.2. The molecular weight excluding hydrogens is 396 g/mol. The van der Waals surface area contributed by atoms with Gasteiger partial charge in [0.15, 0.2) is 0 Å². The van der Waals surface area contributed by atoms with Gasteiger partial charge in [-0.3, -0.25) is 4.79 Å². The van der Waals surface area contributed by atoms with Crippen LogP contribution in [-0.2, 0) is 14.8 Å². The molecule has 1 aromatic carbocycles. The Morgan fingerprint density at radius 3 is 2.57 bits per heavy atom. The Kier molecular flexibility index (Phi) is 6.88. The van der Waals surface area contributed by atoms with Gasteiger partial charge in [0.25, 0.3) is 0 Å². The third kappa shape index (κ3) is 5.01. The Hall–Kier alpha value is -2.16. The Morgan fingerprint density at radius 2 is 1.93 bits per heavy atom. The van der Waals surface area contributed by atoms with E-state index in [0.29, 0.717) is 24.5 Å². The molecule has 2 aromatic rings. The topological polar surface area (TPSA) is 75.7 Å². The lowest BCUT2D eigenvalue weighted by molar-refractivity contribution is -0.111. The summed E-state index contributed by atoms with van der Waals surface area (Å²) in [6, 6.07) is 6.47. The first-order valence-corrected chi connectivity index (χ1v) is 11.6. The van der Waals surface area contributed by atoms with Crippen LogP contribution in [0.3, 0.4) is 0 Å². The average molecular weight is 421 g/mol. The van der Waals surface area contributed by atoms with Crippen molar-refractivity contribution in [1.29, 1.82) is 0 Å². The van der Waals surface area contributed by atoms with E-state index in [9.17, 15) is 13.2 Å². The van der Waals surface area contributed by atoms with Crippen molar-refractivity contribution < 1.29 is 17.9 Å². The lowest BCUT2D eigenvalue weighted by Crippen LogP contribution is -2.32. The number of methoxy groups -OCH3 is 1. The summed E-state index contributed by atoms with van der Waals surface area (Å²) >= 11 is 1.55. The number of hydrogen-bond donors (Lipinski definition) is 1. The normalized spacial score (nSPS) is 16.0. The number of ether oxygens (including phenoxy) is 1. The van der Waals surface area contributed by atoms with Gasteiger partial charge in [-0.1, -0.05) is 12.8 Å². The van der Waals surface area contributed by atoms with E-state index >= 15 is 0 Å². The van der Waals surface area contributed by atoms with Gasteiger partial charge < -0.3 is 10.1 Å². The maximum absolute atomic E-state index is 13.0. The average Bonchev–Trinajstić information content (AvgIpc) is 3.05. The minimum absolute atomic E-state index is 0.160. The van der Waals surface area contributed by atoms with Gasteiger partial charge in [0, 0.05) is 19.2 Å².